The van der Waals surface area contributed by atoms with Crippen molar-refractivity contribution in [3.8, 4) is 12.1 Å². The van der Waals surface area contributed by atoms with Gasteiger partial charge in [-0.1, -0.05) is 43.3 Å². The van der Waals surface area contributed by atoms with E-state index in [1.807, 2.05) is 6.07 Å². The summed E-state index contributed by atoms with van der Waals surface area (Å²) in [6.45, 7) is 0.208. The van der Waals surface area contributed by atoms with Gasteiger partial charge in [0.05, 0.1) is 50.3 Å². The Balaban J connectivity index is 1.02. The zero-order chi connectivity index (χ0) is 47.8. The van der Waals surface area contributed by atoms with E-state index in [-0.39, 0.29) is 59.8 Å². The number of hydrogen-bond acceptors (Lipinski definition) is 18. The Morgan fingerprint density at radius 3 is 1.78 bits per heavy atom. The van der Waals surface area contributed by atoms with Crippen molar-refractivity contribution < 1.29 is 55.7 Å². The van der Waals surface area contributed by atoms with Crippen molar-refractivity contribution >= 4 is 59.7 Å². The number of rotatable bonds is 18. The molecule has 0 radical (unpaired) electrons. The zero-order valence-corrected chi connectivity index (χ0v) is 36.6. The lowest BCUT2D eigenvalue weighted by atomic mass is 10.1. The van der Waals surface area contributed by atoms with E-state index < -0.39 is 88.1 Å². The average molecular weight is 956 g/mol. The molecule has 0 saturated carbocycles. The Morgan fingerprint density at radius 2 is 1.25 bits per heavy atom. The number of hydrogen-bond donors (Lipinski definition) is 3. The smallest absolute Gasteiger partial charge is 0.433 e. The third-order valence-corrected chi connectivity index (χ3v) is 12.2. The van der Waals surface area contributed by atoms with Gasteiger partial charge in [-0.3, -0.25) is 27.8 Å². The second-order valence-electron chi connectivity index (χ2n) is 14.9. The van der Waals surface area contributed by atoms with Gasteiger partial charge in [-0.25, -0.2) is 53.1 Å². The monoisotopic (exact) mass is 955 g/mol. The highest BCUT2D eigenvalue weighted by Gasteiger charge is 2.53. The molecule has 26 heteroatoms. The molecule has 0 aliphatic carbocycles. The van der Waals surface area contributed by atoms with Gasteiger partial charge in [-0.2, -0.15) is 10.5 Å². The predicted molar refractivity (Wildman–Crippen MR) is 230 cm³/mol. The zero-order valence-electron chi connectivity index (χ0n) is 35.7. The van der Waals surface area contributed by atoms with Crippen LogP contribution in [0.2, 0.25) is 0 Å². The van der Waals surface area contributed by atoms with E-state index in [1.165, 1.54) is 21.8 Å². The van der Waals surface area contributed by atoms with Gasteiger partial charge in [-0.05, 0) is 30.7 Å². The molecule has 2 amide bonds. The number of carbonyl (C=O) groups excluding carboxylic acids is 3. The molecule has 9 atom stereocenters. The third kappa shape index (κ3) is 10.1. The molecule has 4 aromatic heterocycles. The first-order valence-electron chi connectivity index (χ1n) is 20.9. The minimum Gasteiger partial charge on any atom is -0.433 e. The number of imidazole rings is 2. The van der Waals surface area contributed by atoms with Gasteiger partial charge in [0.1, 0.15) is 31.5 Å². The number of aromatic nitrogens is 8. The fourth-order valence-corrected chi connectivity index (χ4v) is 8.94. The maximum atomic E-state index is 16.8. The molecule has 1 unspecified atom stereocenters. The Bertz CT molecular complexity index is 2900. The van der Waals surface area contributed by atoms with Crippen LogP contribution < -0.4 is 15.7 Å². The van der Waals surface area contributed by atoms with Crippen LogP contribution in [0.15, 0.2) is 86.0 Å². The van der Waals surface area contributed by atoms with E-state index in [2.05, 4.69) is 45.6 Å². The predicted octanol–water partition coefficient (Wildman–Crippen LogP) is 5.50. The lowest BCUT2D eigenvalue weighted by Gasteiger charge is -2.27. The molecule has 2 aromatic carbocycles. The largest absolute Gasteiger partial charge is 0.508 e. The summed E-state index contributed by atoms with van der Waals surface area (Å²) in [4.78, 5) is 64.0. The number of anilines is 2. The second-order valence-corrected chi connectivity index (χ2v) is 16.7. The van der Waals surface area contributed by atoms with E-state index in [9.17, 15) is 24.2 Å². The molecule has 6 heterocycles. The minimum atomic E-state index is -4.72. The van der Waals surface area contributed by atoms with Crippen LogP contribution in [0.25, 0.3) is 22.3 Å². The van der Waals surface area contributed by atoms with Crippen LogP contribution in [0.1, 0.15) is 59.4 Å². The highest BCUT2D eigenvalue weighted by molar-refractivity contribution is 7.51. The first-order chi connectivity index (χ1) is 33.0. The van der Waals surface area contributed by atoms with Gasteiger partial charge in [0.25, 0.3) is 11.8 Å². The van der Waals surface area contributed by atoms with Crippen LogP contribution in [-0.4, -0.2) is 114 Å². The quantitative estimate of drug-likeness (QED) is 0.0544. The third-order valence-electron chi connectivity index (χ3n) is 10.6. The summed E-state index contributed by atoms with van der Waals surface area (Å²) in [5.74, 6) is -0.935. The fourth-order valence-electron chi connectivity index (χ4n) is 7.41. The van der Waals surface area contributed by atoms with Gasteiger partial charge in [0.15, 0.2) is 64.9 Å². The normalized spacial score (nSPS) is 23.1. The first kappa shape index (κ1) is 47.1. The molecule has 2 aliphatic heterocycles. The van der Waals surface area contributed by atoms with Gasteiger partial charge < -0.3 is 29.6 Å². The van der Waals surface area contributed by atoms with E-state index >= 15 is 8.78 Å². The number of nitrogens with zero attached hydrogens (tertiary/aromatic N) is 10. The number of nitrogens with one attached hydrogen (secondary N) is 3. The molecule has 2 saturated heterocycles. The summed E-state index contributed by atoms with van der Waals surface area (Å²) >= 11 is 0. The summed E-state index contributed by atoms with van der Waals surface area (Å²) in [5.41, 5.74) is 0.958. The van der Waals surface area contributed by atoms with E-state index in [1.54, 1.807) is 73.7 Å². The summed E-state index contributed by atoms with van der Waals surface area (Å²) in [6, 6.07) is 20.3. The van der Waals surface area contributed by atoms with Crippen molar-refractivity contribution in [3.63, 3.8) is 0 Å². The Morgan fingerprint density at radius 1 is 0.735 bits per heavy atom. The number of fused-ring (bicyclic) bond motifs is 2. The number of alkyl halides is 2. The van der Waals surface area contributed by atoms with Crippen LogP contribution in [0.5, 0.6) is 0 Å². The van der Waals surface area contributed by atoms with Crippen LogP contribution in [0.3, 0.4) is 0 Å². The van der Waals surface area contributed by atoms with Gasteiger partial charge in [0.2, 0.25) is 0 Å². The van der Waals surface area contributed by atoms with Crippen LogP contribution in [-0.2, 0) is 32.6 Å². The molecule has 352 valence electrons. The van der Waals surface area contributed by atoms with Crippen molar-refractivity contribution in [3.05, 3.63) is 97.1 Å². The standard InChI is InChI=1S/C42H40F2N13O10P/c1-2-26-33(29(44)41(64-26)57-23-52-31-35(48-21-50-37(31)57)55-39(59)25-13-7-4-8-14-25)67-68(61,63-18-10-16-46)53-19-27-32(66-42(60)62-17-9-15-45)28(43)40(65-27)56-22-51-30-34(47-20-49-36(30)56)54-38(58)24-11-5-3-6-12-24/h3-8,11-14,20-23,26-29,32-33,40-41H,2,9-10,17-19H2,1H3,(H,53,61)(H,47,49,54,58)(H,48,50,55,59)/t26-,27-,28-,29-,32-,33-,40-,41-,68?/m1/s1. The number of amides is 2. The molecule has 0 bridgehead atoms. The minimum absolute atomic E-state index is 0.00281. The Hall–Kier alpha value is -7.38. The SMILES string of the molecule is CC[C@H]1O[C@@H](n2cnc3c(NC(=O)c4ccccc4)ncnc32)[C@H](F)[C@@H]1OP(=O)(NC[C@H]1O[C@@H](n2cnc3c(NC(=O)c4ccccc4)ncnc32)[C@H](F)[C@@H]1OC(=O)OCCC#N)OCCC#N. The Kier molecular flexibility index (Phi) is 14.6. The number of ether oxygens (including phenoxy) is 4. The Labute approximate surface area is 384 Å². The maximum Gasteiger partial charge on any atom is 0.508 e. The lowest BCUT2D eigenvalue weighted by molar-refractivity contribution is -0.0327. The number of carbonyl (C=O) groups is 3. The second kappa shape index (κ2) is 21.1. The summed E-state index contributed by atoms with van der Waals surface area (Å²) in [6.07, 6.45) is -10.3. The van der Waals surface area contributed by atoms with E-state index in [4.69, 9.17) is 33.3 Å². The summed E-state index contributed by atoms with van der Waals surface area (Å²) in [5, 5.41) is 26.1. The maximum absolute atomic E-state index is 16.8. The average Bonchev–Trinajstić information content (AvgIpc) is 4.13. The fraction of sp³-hybridized carbons (Fsp3) is 0.357. The van der Waals surface area contributed by atoms with E-state index in [0.717, 1.165) is 12.7 Å². The molecule has 2 fully saturated rings. The van der Waals surface area contributed by atoms with Gasteiger partial charge >= 0.3 is 13.9 Å². The molecule has 23 nitrogen and oxygen atoms in total. The number of benzene rings is 2. The molecule has 6 aromatic rings. The van der Waals surface area contributed by atoms with Crippen LogP contribution in [0, 0.1) is 22.7 Å². The highest BCUT2D eigenvalue weighted by Crippen LogP contribution is 2.51. The topological polar surface area (TPSA) is 295 Å². The molecule has 8 rings (SSSR count). The molecular weight excluding hydrogens is 916 g/mol. The van der Waals surface area contributed by atoms with Crippen molar-refractivity contribution in [1.82, 2.24) is 44.1 Å². The molecule has 2 aliphatic rings. The van der Waals surface area contributed by atoms with Crippen molar-refractivity contribution in [2.24, 2.45) is 0 Å². The number of nitriles is 2. The van der Waals surface area contributed by atoms with Crippen molar-refractivity contribution in [1.29, 1.82) is 10.5 Å². The van der Waals surface area contributed by atoms with Gasteiger partial charge in [-0.15, -0.1) is 0 Å². The van der Waals surface area contributed by atoms with Gasteiger partial charge in [0, 0.05) is 17.7 Å². The van der Waals surface area contributed by atoms with E-state index in [0.29, 0.717) is 11.1 Å². The van der Waals surface area contributed by atoms with Crippen LogP contribution >= 0.6 is 7.75 Å². The molecule has 0 spiro atoms. The first-order valence-corrected chi connectivity index (χ1v) is 22.5. The number of halogens is 2. The van der Waals surface area contributed by atoms with Crippen molar-refractivity contribution in [2.45, 2.75) is 75.4 Å². The highest BCUT2D eigenvalue weighted by atomic mass is 31.2. The molecular formula is C42H40F2N13O10P. The lowest BCUT2D eigenvalue weighted by Crippen LogP contribution is -2.40. The summed E-state index contributed by atoms with van der Waals surface area (Å²) in [7, 11) is -4.72. The van der Waals surface area contributed by atoms with Crippen molar-refractivity contribution in [2.75, 3.05) is 30.4 Å². The summed E-state index contributed by atoms with van der Waals surface area (Å²) < 4.78 is 84.6. The molecule has 3 N–H and O–H groups in total. The molecule has 68 heavy (non-hydrogen) atoms. The van der Waals surface area contributed by atoms with Crippen LogP contribution in [0.4, 0.5) is 25.2 Å².